The Hall–Kier alpha value is -1.79. The van der Waals surface area contributed by atoms with Crippen LogP contribution in [-0.2, 0) is 16.1 Å². The number of halogens is 1. The Morgan fingerprint density at radius 3 is 2.72 bits per heavy atom. The van der Waals surface area contributed by atoms with Crippen molar-refractivity contribution in [3.63, 3.8) is 0 Å². The first-order chi connectivity index (χ1) is 12.2. The average Bonchev–Trinajstić information content (AvgIpc) is 2.64. The van der Waals surface area contributed by atoms with Crippen LogP contribution in [0.2, 0.25) is 0 Å². The van der Waals surface area contributed by atoms with Crippen LogP contribution in [0.25, 0.3) is 0 Å². The number of aliphatic hydroxyl groups is 1. The Balaban J connectivity index is 1.43. The molecule has 0 aliphatic carbocycles. The second-order valence-corrected chi connectivity index (χ2v) is 6.29. The number of hydrogen-bond donors (Lipinski definition) is 1. The fourth-order valence-corrected chi connectivity index (χ4v) is 3.01. The molecule has 0 saturated carbocycles. The average molecular weight is 345 g/mol. The van der Waals surface area contributed by atoms with Gasteiger partial charge in [-0.1, -0.05) is 48.5 Å². The zero-order valence-electron chi connectivity index (χ0n) is 14.2. The van der Waals surface area contributed by atoms with E-state index in [1.165, 1.54) is 6.07 Å². The van der Waals surface area contributed by atoms with Crippen molar-refractivity contribution in [3.05, 3.63) is 71.5 Å². The van der Waals surface area contributed by atoms with E-state index in [9.17, 15) is 9.50 Å². The highest BCUT2D eigenvalue weighted by atomic mass is 19.1. The van der Waals surface area contributed by atoms with Crippen molar-refractivity contribution < 1.29 is 19.0 Å². The van der Waals surface area contributed by atoms with Crippen molar-refractivity contribution in [2.75, 3.05) is 32.8 Å². The molecular weight excluding hydrogens is 321 g/mol. The van der Waals surface area contributed by atoms with Gasteiger partial charge in [-0.2, -0.15) is 0 Å². The van der Waals surface area contributed by atoms with Gasteiger partial charge in [-0.3, -0.25) is 4.90 Å². The predicted molar refractivity (Wildman–Crippen MR) is 93.6 cm³/mol. The van der Waals surface area contributed by atoms with Crippen LogP contribution in [0.3, 0.4) is 0 Å². The van der Waals surface area contributed by atoms with Crippen molar-refractivity contribution in [1.82, 2.24) is 4.90 Å². The van der Waals surface area contributed by atoms with E-state index in [0.717, 1.165) is 18.7 Å². The largest absolute Gasteiger partial charge is 0.389 e. The molecule has 0 amide bonds. The van der Waals surface area contributed by atoms with Crippen LogP contribution in [0.15, 0.2) is 54.6 Å². The van der Waals surface area contributed by atoms with Crippen molar-refractivity contribution in [1.29, 1.82) is 0 Å². The van der Waals surface area contributed by atoms with Gasteiger partial charge in [0.25, 0.3) is 0 Å². The van der Waals surface area contributed by atoms with Gasteiger partial charge in [0.15, 0.2) is 0 Å². The highest BCUT2D eigenvalue weighted by Crippen LogP contribution is 2.22. The number of rotatable bonds is 7. The monoisotopic (exact) mass is 345 g/mol. The first-order valence-corrected chi connectivity index (χ1v) is 8.60. The lowest BCUT2D eigenvalue weighted by Gasteiger charge is -2.34. The van der Waals surface area contributed by atoms with Crippen LogP contribution in [0.1, 0.15) is 17.2 Å². The van der Waals surface area contributed by atoms with E-state index < -0.39 is 6.10 Å². The van der Waals surface area contributed by atoms with Crippen LogP contribution in [0, 0.1) is 5.82 Å². The summed E-state index contributed by atoms with van der Waals surface area (Å²) in [6.07, 6.45) is -0.581. The summed E-state index contributed by atoms with van der Waals surface area (Å²) >= 11 is 0. The summed E-state index contributed by atoms with van der Waals surface area (Å²) in [5.41, 5.74) is 1.66. The Morgan fingerprint density at radius 2 is 1.92 bits per heavy atom. The number of β-amino-alcohol motifs (C(OH)–C–C–N with tert-alkyl or cyclic N) is 1. The highest BCUT2D eigenvalue weighted by molar-refractivity contribution is 5.18. The Bertz CT molecular complexity index is 652. The minimum absolute atomic E-state index is 0.0292. The van der Waals surface area contributed by atoms with E-state index in [4.69, 9.17) is 9.47 Å². The number of morpholine rings is 1. The second-order valence-electron chi connectivity index (χ2n) is 6.29. The molecule has 1 aliphatic rings. The Morgan fingerprint density at radius 1 is 1.16 bits per heavy atom. The number of ether oxygens (including phenoxy) is 2. The lowest BCUT2D eigenvalue weighted by atomic mass is 10.1. The molecule has 2 aromatic rings. The zero-order chi connectivity index (χ0) is 17.5. The molecule has 0 bridgehead atoms. The third-order valence-corrected chi connectivity index (χ3v) is 4.32. The van der Waals surface area contributed by atoms with Gasteiger partial charge in [0.05, 0.1) is 32.0 Å². The second kappa shape index (κ2) is 9.06. The maximum atomic E-state index is 13.5. The molecule has 134 valence electrons. The molecular formula is C20H24FNO3. The van der Waals surface area contributed by atoms with Crippen molar-refractivity contribution in [2.24, 2.45) is 0 Å². The number of hydrogen-bond acceptors (Lipinski definition) is 4. The molecule has 1 heterocycles. The molecule has 2 unspecified atom stereocenters. The van der Waals surface area contributed by atoms with Gasteiger partial charge in [0.2, 0.25) is 0 Å². The van der Waals surface area contributed by atoms with E-state index in [0.29, 0.717) is 18.7 Å². The number of benzene rings is 2. The van der Waals surface area contributed by atoms with Gasteiger partial charge in [0, 0.05) is 25.2 Å². The summed E-state index contributed by atoms with van der Waals surface area (Å²) in [5.74, 6) is -0.282. The fraction of sp³-hybridized carbons (Fsp3) is 0.400. The first kappa shape index (κ1) is 18.0. The minimum atomic E-state index is -0.610. The van der Waals surface area contributed by atoms with Crippen LogP contribution >= 0.6 is 0 Å². The van der Waals surface area contributed by atoms with Crippen LogP contribution in [-0.4, -0.2) is 49.0 Å². The van der Waals surface area contributed by atoms with Gasteiger partial charge in [-0.15, -0.1) is 0 Å². The fourth-order valence-electron chi connectivity index (χ4n) is 3.01. The van der Waals surface area contributed by atoms with Gasteiger partial charge < -0.3 is 14.6 Å². The first-order valence-electron chi connectivity index (χ1n) is 8.60. The molecule has 1 fully saturated rings. The Labute approximate surface area is 147 Å². The predicted octanol–water partition coefficient (Wildman–Crippen LogP) is 2.78. The highest BCUT2D eigenvalue weighted by Gasteiger charge is 2.23. The molecule has 25 heavy (non-hydrogen) atoms. The van der Waals surface area contributed by atoms with Crippen molar-refractivity contribution in [2.45, 2.75) is 18.8 Å². The molecule has 5 heteroatoms. The van der Waals surface area contributed by atoms with Gasteiger partial charge in [-0.25, -0.2) is 4.39 Å². The smallest absolute Gasteiger partial charge is 0.128 e. The third-order valence-electron chi connectivity index (χ3n) is 4.32. The standard InChI is InChI=1S/C20H24FNO3/c21-19-9-5-4-8-17(19)14-24-15-18(23)12-22-10-11-25-20(13-22)16-6-2-1-3-7-16/h1-9,18,20,23H,10-15H2. The SMILES string of the molecule is OC(COCc1ccccc1F)CN1CCOC(c2ccccc2)C1. The molecule has 0 radical (unpaired) electrons. The normalized spacial score (nSPS) is 19.7. The summed E-state index contributed by atoms with van der Waals surface area (Å²) in [5, 5.41) is 10.2. The van der Waals surface area contributed by atoms with Crippen LogP contribution in [0.5, 0.6) is 0 Å². The molecule has 1 aliphatic heterocycles. The summed E-state index contributed by atoms with van der Waals surface area (Å²) in [7, 11) is 0. The summed E-state index contributed by atoms with van der Waals surface area (Å²) in [6.45, 7) is 3.04. The van der Waals surface area contributed by atoms with Gasteiger partial charge >= 0.3 is 0 Å². The lowest BCUT2D eigenvalue weighted by Crippen LogP contribution is -2.43. The molecule has 1 N–H and O–H groups in total. The molecule has 2 atom stereocenters. The van der Waals surface area contributed by atoms with E-state index in [2.05, 4.69) is 17.0 Å². The van der Waals surface area contributed by atoms with Gasteiger partial charge in [0.1, 0.15) is 5.82 Å². The van der Waals surface area contributed by atoms with Crippen molar-refractivity contribution in [3.8, 4) is 0 Å². The minimum Gasteiger partial charge on any atom is -0.389 e. The van der Waals surface area contributed by atoms with E-state index >= 15 is 0 Å². The molecule has 4 nitrogen and oxygen atoms in total. The molecule has 0 spiro atoms. The number of aliphatic hydroxyl groups excluding tert-OH is 1. The Kier molecular flexibility index (Phi) is 6.53. The van der Waals surface area contributed by atoms with E-state index in [1.54, 1.807) is 18.2 Å². The summed E-state index contributed by atoms with van der Waals surface area (Å²) in [4.78, 5) is 2.18. The molecule has 1 saturated heterocycles. The maximum absolute atomic E-state index is 13.5. The topological polar surface area (TPSA) is 41.9 Å². The third kappa shape index (κ3) is 5.34. The zero-order valence-corrected chi connectivity index (χ0v) is 14.2. The van der Waals surface area contributed by atoms with Crippen LogP contribution < -0.4 is 0 Å². The molecule has 0 aromatic heterocycles. The van der Waals surface area contributed by atoms with E-state index in [-0.39, 0.29) is 25.1 Å². The molecule has 2 aromatic carbocycles. The molecule has 3 rings (SSSR count). The van der Waals surface area contributed by atoms with Crippen molar-refractivity contribution >= 4 is 0 Å². The summed E-state index contributed by atoms with van der Waals surface area (Å²) < 4.78 is 24.8. The number of nitrogens with zero attached hydrogens (tertiary/aromatic N) is 1. The summed E-state index contributed by atoms with van der Waals surface area (Å²) in [6, 6.07) is 16.6. The lowest BCUT2D eigenvalue weighted by molar-refractivity contribution is -0.0537. The van der Waals surface area contributed by atoms with Crippen LogP contribution in [0.4, 0.5) is 4.39 Å². The quantitative estimate of drug-likeness (QED) is 0.838. The van der Waals surface area contributed by atoms with Gasteiger partial charge in [-0.05, 0) is 11.6 Å². The van der Waals surface area contributed by atoms with E-state index in [1.807, 2.05) is 18.2 Å². The maximum Gasteiger partial charge on any atom is 0.128 e.